The molecule has 0 bridgehead atoms. The summed E-state index contributed by atoms with van der Waals surface area (Å²) in [7, 11) is 0. The van der Waals surface area contributed by atoms with Gasteiger partial charge in [-0.25, -0.2) is 15.0 Å². The molecule has 0 spiro atoms. The Hall–Kier alpha value is -7.43. The Bertz CT molecular complexity index is 3270. The maximum atomic E-state index is 6.47. The lowest BCUT2D eigenvalue weighted by atomic mass is 9.97. The highest BCUT2D eigenvalue weighted by atomic mass is 16.3. The lowest BCUT2D eigenvalue weighted by molar-refractivity contribution is 0.669. The van der Waals surface area contributed by atoms with Crippen LogP contribution in [0.25, 0.3) is 111 Å². The Morgan fingerprint density at radius 3 is 1.60 bits per heavy atom. The summed E-state index contributed by atoms with van der Waals surface area (Å²) >= 11 is 0. The van der Waals surface area contributed by atoms with Crippen molar-refractivity contribution in [3.63, 3.8) is 0 Å². The van der Waals surface area contributed by atoms with Crippen molar-refractivity contribution in [1.29, 1.82) is 0 Å². The number of benzene rings is 9. The second-order valence-electron chi connectivity index (χ2n) is 14.0. The minimum Gasteiger partial charge on any atom is -0.456 e. The van der Waals surface area contributed by atoms with Gasteiger partial charge in [0.15, 0.2) is 17.5 Å². The molecule has 0 saturated carbocycles. The monoisotopic (exact) mass is 701 g/mol. The van der Waals surface area contributed by atoms with Gasteiger partial charge in [-0.1, -0.05) is 158 Å². The first-order chi connectivity index (χ1) is 27.2. The Balaban J connectivity index is 1.09. The van der Waals surface area contributed by atoms with Crippen molar-refractivity contribution in [1.82, 2.24) is 15.0 Å². The molecule has 0 saturated heterocycles. The third-order valence-corrected chi connectivity index (χ3v) is 10.7. The number of hydrogen-bond acceptors (Lipinski definition) is 4. The molecule has 0 radical (unpaired) electrons. The fourth-order valence-electron chi connectivity index (χ4n) is 7.92. The minimum absolute atomic E-state index is 0.593. The molecule has 256 valence electrons. The number of nitrogens with zero attached hydrogens (tertiary/aromatic N) is 3. The summed E-state index contributed by atoms with van der Waals surface area (Å²) in [6, 6.07) is 65.9. The van der Waals surface area contributed by atoms with Crippen LogP contribution in [0.15, 0.2) is 192 Å². The molecule has 55 heavy (non-hydrogen) atoms. The molecular weight excluding hydrogens is 671 g/mol. The molecule has 0 atom stereocenters. The molecule has 0 unspecified atom stereocenters. The summed E-state index contributed by atoms with van der Waals surface area (Å²) in [6.45, 7) is 0. The zero-order valence-electron chi connectivity index (χ0n) is 29.6. The van der Waals surface area contributed by atoms with Crippen LogP contribution in [0.4, 0.5) is 0 Å². The van der Waals surface area contributed by atoms with Gasteiger partial charge >= 0.3 is 0 Å². The van der Waals surface area contributed by atoms with Crippen LogP contribution in [-0.4, -0.2) is 15.0 Å². The summed E-state index contributed by atoms with van der Waals surface area (Å²) < 4.78 is 6.47. The first-order valence-electron chi connectivity index (χ1n) is 18.5. The van der Waals surface area contributed by atoms with Crippen LogP contribution >= 0.6 is 0 Å². The number of aromatic nitrogens is 3. The molecule has 0 N–H and O–H groups in total. The molecule has 2 aromatic heterocycles. The summed E-state index contributed by atoms with van der Waals surface area (Å²) in [5.74, 6) is 1.82. The van der Waals surface area contributed by atoms with Crippen molar-refractivity contribution in [2.45, 2.75) is 0 Å². The van der Waals surface area contributed by atoms with Crippen LogP contribution in [0.3, 0.4) is 0 Å². The van der Waals surface area contributed by atoms with E-state index in [1.807, 2.05) is 12.1 Å². The summed E-state index contributed by atoms with van der Waals surface area (Å²) in [4.78, 5) is 15.5. The van der Waals surface area contributed by atoms with Gasteiger partial charge in [-0.05, 0) is 84.9 Å². The molecule has 4 nitrogen and oxygen atoms in total. The Morgan fingerprint density at radius 2 is 0.818 bits per heavy atom. The Kier molecular flexibility index (Phi) is 7.14. The van der Waals surface area contributed by atoms with E-state index in [9.17, 15) is 0 Å². The van der Waals surface area contributed by atoms with E-state index in [0.29, 0.717) is 17.5 Å². The van der Waals surface area contributed by atoms with Gasteiger partial charge in [-0.2, -0.15) is 0 Å². The Morgan fingerprint density at radius 1 is 0.291 bits per heavy atom. The normalized spacial score (nSPS) is 11.6. The number of fused-ring (bicyclic) bond motifs is 6. The van der Waals surface area contributed by atoms with E-state index in [-0.39, 0.29) is 0 Å². The van der Waals surface area contributed by atoms with Gasteiger partial charge in [0.05, 0.1) is 0 Å². The zero-order chi connectivity index (χ0) is 36.3. The average molecular weight is 702 g/mol. The summed E-state index contributed by atoms with van der Waals surface area (Å²) in [5.41, 5.74) is 8.95. The van der Waals surface area contributed by atoms with Crippen LogP contribution in [0.1, 0.15) is 0 Å². The highest BCUT2D eigenvalue weighted by molar-refractivity contribution is 6.13. The zero-order valence-corrected chi connectivity index (χ0v) is 29.6. The molecule has 2 heterocycles. The molecule has 9 aromatic carbocycles. The highest BCUT2D eigenvalue weighted by Crippen LogP contribution is 2.39. The second-order valence-corrected chi connectivity index (χ2v) is 14.0. The van der Waals surface area contributed by atoms with Crippen molar-refractivity contribution in [3.8, 4) is 56.4 Å². The number of furan rings is 1. The van der Waals surface area contributed by atoms with Gasteiger partial charge in [0.25, 0.3) is 0 Å². The van der Waals surface area contributed by atoms with Gasteiger partial charge < -0.3 is 4.42 Å². The smallest absolute Gasteiger partial charge is 0.164 e. The molecule has 0 aliphatic heterocycles. The van der Waals surface area contributed by atoms with Crippen LogP contribution in [0.2, 0.25) is 0 Å². The largest absolute Gasteiger partial charge is 0.456 e. The van der Waals surface area contributed by atoms with Crippen LogP contribution in [0, 0.1) is 0 Å². The van der Waals surface area contributed by atoms with Crippen molar-refractivity contribution >= 4 is 54.3 Å². The second kappa shape index (κ2) is 12.6. The van der Waals surface area contributed by atoms with Gasteiger partial charge in [0, 0.05) is 27.5 Å². The first-order valence-corrected chi connectivity index (χ1v) is 18.5. The summed E-state index contributed by atoms with van der Waals surface area (Å²) in [6.07, 6.45) is 0. The third kappa shape index (κ3) is 5.43. The van der Waals surface area contributed by atoms with Gasteiger partial charge in [0.1, 0.15) is 11.2 Å². The van der Waals surface area contributed by atoms with Crippen molar-refractivity contribution in [3.05, 3.63) is 188 Å². The van der Waals surface area contributed by atoms with E-state index < -0.39 is 0 Å². The predicted octanol–water partition coefficient (Wildman–Crippen LogP) is 13.6. The van der Waals surface area contributed by atoms with E-state index >= 15 is 0 Å². The van der Waals surface area contributed by atoms with E-state index in [2.05, 4.69) is 176 Å². The topological polar surface area (TPSA) is 51.8 Å². The third-order valence-electron chi connectivity index (χ3n) is 10.7. The maximum absolute atomic E-state index is 6.47. The average Bonchev–Trinajstić information content (AvgIpc) is 3.64. The van der Waals surface area contributed by atoms with Gasteiger partial charge in [-0.15, -0.1) is 0 Å². The van der Waals surface area contributed by atoms with Gasteiger partial charge in [-0.3, -0.25) is 0 Å². The van der Waals surface area contributed by atoms with Crippen LogP contribution in [-0.2, 0) is 0 Å². The highest BCUT2D eigenvalue weighted by Gasteiger charge is 2.19. The number of hydrogen-bond donors (Lipinski definition) is 0. The van der Waals surface area contributed by atoms with E-state index in [0.717, 1.165) is 60.7 Å². The lowest BCUT2D eigenvalue weighted by Gasteiger charge is -2.11. The molecule has 0 amide bonds. The number of rotatable bonds is 5. The standard InChI is InChI=1S/C51H31N3O/c1-3-12-37-29-39(25-19-32(37)9-1)40-27-28-46-45(31-40)48-44(17-8-18-47(48)55-46)51-53-49(52-50(54-51)41-26-20-33-10-2-4-13-38(33)30-41)36-23-21-35(22-24-36)43-16-7-14-34-11-5-6-15-42(34)43/h1-31H. The lowest BCUT2D eigenvalue weighted by Crippen LogP contribution is -2.00. The van der Waals surface area contributed by atoms with Gasteiger partial charge in [0.2, 0.25) is 0 Å². The molecule has 4 heteroatoms. The van der Waals surface area contributed by atoms with Crippen LogP contribution < -0.4 is 0 Å². The molecular formula is C51H31N3O. The SMILES string of the molecule is c1ccc2cc(-c3ccc4oc5cccc(-c6nc(-c7ccc(-c8cccc9ccccc89)cc7)nc(-c7ccc8ccccc8c7)n6)c5c4c3)ccc2c1. The quantitative estimate of drug-likeness (QED) is 0.179. The van der Waals surface area contributed by atoms with Crippen molar-refractivity contribution in [2.75, 3.05) is 0 Å². The fraction of sp³-hybridized carbons (Fsp3) is 0. The summed E-state index contributed by atoms with van der Waals surface area (Å²) in [5, 5.41) is 9.17. The van der Waals surface area contributed by atoms with E-state index in [1.165, 1.54) is 32.5 Å². The van der Waals surface area contributed by atoms with Crippen LogP contribution in [0.5, 0.6) is 0 Å². The first kappa shape index (κ1) is 31.1. The molecule has 0 aliphatic rings. The fourth-order valence-corrected chi connectivity index (χ4v) is 7.92. The molecule has 0 aliphatic carbocycles. The van der Waals surface area contributed by atoms with E-state index in [1.54, 1.807) is 0 Å². The Labute approximate surface area is 317 Å². The van der Waals surface area contributed by atoms with Crippen molar-refractivity contribution in [2.24, 2.45) is 0 Å². The maximum Gasteiger partial charge on any atom is 0.164 e. The predicted molar refractivity (Wildman–Crippen MR) is 227 cm³/mol. The van der Waals surface area contributed by atoms with E-state index in [4.69, 9.17) is 19.4 Å². The molecule has 11 aromatic rings. The molecule has 11 rings (SSSR count). The molecule has 0 fully saturated rings. The van der Waals surface area contributed by atoms with Crippen molar-refractivity contribution < 1.29 is 4.42 Å². The minimum atomic E-state index is 0.593.